The molecule has 2 aromatic carbocycles. The Labute approximate surface area is 205 Å². The van der Waals surface area contributed by atoms with Crippen LogP contribution in [0.2, 0.25) is 0 Å². The van der Waals surface area contributed by atoms with Crippen molar-refractivity contribution >= 4 is 23.4 Å². The number of hydrogen-bond acceptors (Lipinski definition) is 4. The Morgan fingerprint density at radius 2 is 1.89 bits per heavy atom. The summed E-state index contributed by atoms with van der Waals surface area (Å²) >= 11 is 0. The van der Waals surface area contributed by atoms with Gasteiger partial charge < -0.3 is 15.0 Å². The van der Waals surface area contributed by atoms with E-state index in [9.17, 15) is 14.4 Å². The molecule has 0 aromatic heterocycles. The molecule has 1 spiro atoms. The van der Waals surface area contributed by atoms with E-state index in [-0.39, 0.29) is 43.2 Å². The molecule has 0 saturated carbocycles. The van der Waals surface area contributed by atoms with Crippen molar-refractivity contribution in [3.63, 3.8) is 0 Å². The normalized spacial score (nSPS) is 21.4. The third-order valence-electron chi connectivity index (χ3n) is 6.83. The Hall–Kier alpha value is -3.86. The molecule has 0 radical (unpaired) electrons. The number of nitrogens with zero attached hydrogens (tertiary/aromatic N) is 3. The topological polar surface area (TPSA) is 83.3 Å². The van der Waals surface area contributed by atoms with E-state index in [4.69, 9.17) is 11.3 Å². The molecule has 2 aromatic rings. The van der Waals surface area contributed by atoms with Gasteiger partial charge in [-0.05, 0) is 36.1 Å². The lowest BCUT2D eigenvalue weighted by Crippen LogP contribution is -2.52. The summed E-state index contributed by atoms with van der Waals surface area (Å²) in [5, 5.41) is 2.91. The maximum atomic E-state index is 13.8. The highest BCUT2D eigenvalue weighted by molar-refractivity contribution is 6.07. The predicted molar refractivity (Wildman–Crippen MR) is 131 cm³/mol. The van der Waals surface area contributed by atoms with Crippen LogP contribution in [-0.2, 0) is 19.8 Å². The summed E-state index contributed by atoms with van der Waals surface area (Å²) in [5.41, 5.74) is 0.581. The third kappa shape index (κ3) is 4.59. The standard InChI is InChI=1S/C27H30N4O4/c1-18(2)14-22(30(4)24(32)16-35-19-10-6-5-7-11-19)25(33)31-17-27(15-23(31)28-3)20-12-8-9-13-21(20)29-26(27)34/h5-13,18,22-23H,14-17H2,1-2,4H3,(H,29,34)/t22-,23-,27-/m0/s1. The predicted octanol–water partition coefficient (Wildman–Crippen LogP) is 3.31. The van der Waals surface area contributed by atoms with Crippen molar-refractivity contribution in [2.45, 2.75) is 44.3 Å². The van der Waals surface area contributed by atoms with Gasteiger partial charge in [0.1, 0.15) is 17.2 Å². The number of carbonyl (C=O) groups is 3. The lowest BCUT2D eigenvalue weighted by molar-refractivity contribution is -0.146. The van der Waals surface area contributed by atoms with Gasteiger partial charge in [-0.2, -0.15) is 0 Å². The van der Waals surface area contributed by atoms with Gasteiger partial charge in [0, 0.05) is 19.3 Å². The quantitative estimate of drug-likeness (QED) is 0.624. The second kappa shape index (κ2) is 9.79. The van der Waals surface area contributed by atoms with Gasteiger partial charge in [0.2, 0.25) is 5.91 Å². The van der Waals surface area contributed by atoms with Gasteiger partial charge in [-0.25, -0.2) is 6.57 Å². The lowest BCUT2D eigenvalue weighted by Gasteiger charge is -2.32. The molecule has 3 amide bonds. The molecular weight excluding hydrogens is 444 g/mol. The summed E-state index contributed by atoms with van der Waals surface area (Å²) in [7, 11) is 1.60. The van der Waals surface area contributed by atoms with E-state index in [0.29, 0.717) is 12.2 Å². The number of ether oxygens (including phenoxy) is 1. The molecule has 8 heteroatoms. The van der Waals surface area contributed by atoms with E-state index < -0.39 is 17.6 Å². The molecule has 3 atom stereocenters. The highest BCUT2D eigenvalue weighted by atomic mass is 16.5. The first-order valence-electron chi connectivity index (χ1n) is 11.8. The van der Waals surface area contributed by atoms with Crippen molar-refractivity contribution in [3.8, 4) is 5.75 Å². The van der Waals surface area contributed by atoms with Crippen LogP contribution in [0.25, 0.3) is 4.85 Å². The number of benzene rings is 2. The molecule has 2 heterocycles. The molecular formula is C27H30N4O4. The molecule has 1 fully saturated rings. The van der Waals surface area contributed by atoms with E-state index >= 15 is 0 Å². The van der Waals surface area contributed by atoms with Crippen LogP contribution in [0.15, 0.2) is 54.6 Å². The van der Waals surface area contributed by atoms with Gasteiger partial charge in [0.15, 0.2) is 6.61 Å². The lowest BCUT2D eigenvalue weighted by atomic mass is 9.80. The second-order valence-electron chi connectivity index (χ2n) is 9.61. The molecule has 1 N–H and O–H groups in total. The summed E-state index contributed by atoms with van der Waals surface area (Å²) in [6.45, 7) is 11.6. The molecule has 0 bridgehead atoms. The molecule has 182 valence electrons. The van der Waals surface area contributed by atoms with Crippen LogP contribution >= 0.6 is 0 Å². The largest absolute Gasteiger partial charge is 0.484 e. The first-order chi connectivity index (χ1) is 16.8. The minimum Gasteiger partial charge on any atom is -0.484 e. The van der Waals surface area contributed by atoms with Crippen LogP contribution < -0.4 is 10.1 Å². The number of fused-ring (bicyclic) bond motifs is 2. The van der Waals surface area contributed by atoms with E-state index in [1.807, 2.05) is 56.3 Å². The molecule has 2 aliphatic heterocycles. The van der Waals surface area contributed by atoms with Gasteiger partial charge in [-0.1, -0.05) is 50.2 Å². The summed E-state index contributed by atoms with van der Waals surface area (Å²) in [6, 6.07) is 15.7. The van der Waals surface area contributed by atoms with Crippen LogP contribution in [0.4, 0.5) is 5.69 Å². The molecule has 35 heavy (non-hydrogen) atoms. The van der Waals surface area contributed by atoms with Crippen molar-refractivity contribution < 1.29 is 19.1 Å². The van der Waals surface area contributed by atoms with Crippen molar-refractivity contribution in [1.29, 1.82) is 0 Å². The minimum absolute atomic E-state index is 0.110. The Balaban J connectivity index is 1.56. The molecule has 0 unspecified atom stereocenters. The number of carbonyl (C=O) groups excluding carboxylic acids is 3. The molecule has 8 nitrogen and oxygen atoms in total. The summed E-state index contributed by atoms with van der Waals surface area (Å²) < 4.78 is 5.60. The number of hydrogen-bond donors (Lipinski definition) is 1. The Kier molecular flexibility index (Phi) is 6.79. The number of para-hydroxylation sites is 2. The Bertz CT molecular complexity index is 1160. The van der Waals surface area contributed by atoms with Gasteiger partial charge >= 0.3 is 6.17 Å². The first-order valence-corrected chi connectivity index (χ1v) is 11.8. The van der Waals surface area contributed by atoms with Crippen molar-refractivity contribution in [2.24, 2.45) is 5.92 Å². The smallest absolute Gasteiger partial charge is 0.302 e. The van der Waals surface area contributed by atoms with Crippen LogP contribution in [0.1, 0.15) is 32.3 Å². The number of likely N-dealkylation sites (N-methyl/N-ethyl adjacent to an activating group) is 1. The number of anilines is 1. The van der Waals surface area contributed by atoms with Crippen LogP contribution in [-0.4, -0.2) is 59.9 Å². The zero-order chi connectivity index (χ0) is 25.2. The summed E-state index contributed by atoms with van der Waals surface area (Å²) in [6.07, 6.45) is -0.115. The Morgan fingerprint density at radius 3 is 2.57 bits per heavy atom. The second-order valence-corrected chi connectivity index (χ2v) is 9.61. The third-order valence-corrected chi connectivity index (χ3v) is 6.83. The van der Waals surface area contributed by atoms with Crippen molar-refractivity contribution in [2.75, 3.05) is 25.5 Å². The minimum atomic E-state index is -0.956. The average molecular weight is 475 g/mol. The Morgan fingerprint density at radius 1 is 1.20 bits per heavy atom. The fourth-order valence-electron chi connectivity index (χ4n) is 4.96. The monoisotopic (exact) mass is 474 g/mol. The fraction of sp³-hybridized carbons (Fsp3) is 0.407. The highest BCUT2D eigenvalue weighted by Crippen LogP contribution is 2.46. The zero-order valence-corrected chi connectivity index (χ0v) is 20.2. The van der Waals surface area contributed by atoms with Gasteiger partial charge in [-0.3, -0.25) is 24.1 Å². The number of likely N-dealkylation sites (tertiary alicyclic amines) is 1. The summed E-state index contributed by atoms with van der Waals surface area (Å²) in [4.78, 5) is 46.5. The zero-order valence-electron chi connectivity index (χ0n) is 20.2. The van der Waals surface area contributed by atoms with Gasteiger partial charge in [-0.15, -0.1) is 0 Å². The number of nitrogens with one attached hydrogen (secondary N) is 1. The highest BCUT2D eigenvalue weighted by Gasteiger charge is 2.59. The summed E-state index contributed by atoms with van der Waals surface area (Å²) in [5.74, 6) is -0.132. The average Bonchev–Trinajstić information content (AvgIpc) is 3.39. The maximum Gasteiger partial charge on any atom is 0.302 e. The van der Waals surface area contributed by atoms with E-state index in [1.165, 1.54) is 9.80 Å². The molecule has 0 aliphatic carbocycles. The number of amides is 3. The molecule has 1 saturated heterocycles. The van der Waals surface area contributed by atoms with Crippen LogP contribution in [0.3, 0.4) is 0 Å². The van der Waals surface area contributed by atoms with Crippen LogP contribution in [0, 0.1) is 12.5 Å². The maximum absolute atomic E-state index is 13.8. The fourth-order valence-corrected chi connectivity index (χ4v) is 4.96. The van der Waals surface area contributed by atoms with Crippen molar-refractivity contribution in [1.82, 2.24) is 9.80 Å². The van der Waals surface area contributed by atoms with E-state index in [2.05, 4.69) is 10.2 Å². The van der Waals surface area contributed by atoms with Crippen molar-refractivity contribution in [3.05, 3.63) is 71.6 Å². The SMILES string of the molecule is [C-]#[N+][C@@H]1C[C@@]2(CN1C(=O)[C@H](CC(C)C)N(C)C(=O)COc1ccccc1)C(=O)Nc1ccccc12. The van der Waals surface area contributed by atoms with Crippen LogP contribution in [0.5, 0.6) is 5.75 Å². The van der Waals surface area contributed by atoms with Gasteiger partial charge in [0.25, 0.3) is 11.8 Å². The molecule has 4 rings (SSSR count). The first kappa shape index (κ1) is 24.3. The van der Waals surface area contributed by atoms with E-state index in [1.54, 1.807) is 19.2 Å². The number of rotatable bonds is 7. The molecule has 2 aliphatic rings. The van der Waals surface area contributed by atoms with Gasteiger partial charge in [0.05, 0.1) is 6.42 Å². The van der Waals surface area contributed by atoms with E-state index in [0.717, 1.165) is 11.3 Å².